The van der Waals surface area contributed by atoms with E-state index in [2.05, 4.69) is 24.3 Å². The van der Waals surface area contributed by atoms with Crippen molar-refractivity contribution in [2.45, 2.75) is 54.0 Å². The van der Waals surface area contributed by atoms with Crippen molar-refractivity contribution in [1.82, 2.24) is 9.78 Å². The highest BCUT2D eigenvalue weighted by Gasteiger charge is 2.17. The summed E-state index contributed by atoms with van der Waals surface area (Å²) < 4.78 is 1.99. The Balaban J connectivity index is 1.60. The molecule has 1 aromatic heterocycles. The van der Waals surface area contributed by atoms with Crippen molar-refractivity contribution in [1.29, 1.82) is 0 Å². The van der Waals surface area contributed by atoms with E-state index < -0.39 is 0 Å². The summed E-state index contributed by atoms with van der Waals surface area (Å²) in [5.74, 6) is 0.465. The number of anilines is 2. The zero-order valence-electron chi connectivity index (χ0n) is 20.3. The molecule has 0 aliphatic carbocycles. The van der Waals surface area contributed by atoms with E-state index in [4.69, 9.17) is 0 Å². The molecule has 0 saturated carbocycles. The SMILES string of the molecule is CCN(C(=O)Cc1ccc(NC(=O)Cc2c(C)nn(CC(C)C)c2C)cc1)c1ccccc1. The van der Waals surface area contributed by atoms with E-state index in [1.807, 2.05) is 80.1 Å². The number of para-hydroxylation sites is 1. The Morgan fingerprint density at radius 3 is 2.27 bits per heavy atom. The zero-order valence-corrected chi connectivity index (χ0v) is 20.3. The van der Waals surface area contributed by atoms with Crippen LogP contribution >= 0.6 is 0 Å². The molecule has 33 heavy (non-hydrogen) atoms. The molecule has 3 rings (SSSR count). The minimum atomic E-state index is -0.0737. The molecule has 0 bridgehead atoms. The number of carbonyl (C=O) groups excluding carboxylic acids is 2. The molecular weight excluding hydrogens is 412 g/mol. The van der Waals surface area contributed by atoms with E-state index >= 15 is 0 Å². The van der Waals surface area contributed by atoms with Gasteiger partial charge in [-0.15, -0.1) is 0 Å². The summed E-state index contributed by atoms with van der Waals surface area (Å²) in [6.07, 6.45) is 0.600. The number of aryl methyl sites for hydroxylation is 1. The van der Waals surface area contributed by atoms with Crippen LogP contribution in [-0.2, 0) is 29.0 Å². The molecule has 0 radical (unpaired) electrons. The fraction of sp³-hybridized carbons (Fsp3) is 0.370. The number of rotatable bonds is 9. The molecule has 6 heteroatoms. The third kappa shape index (κ3) is 6.31. The van der Waals surface area contributed by atoms with E-state index in [0.29, 0.717) is 25.3 Å². The van der Waals surface area contributed by atoms with Gasteiger partial charge in [-0.2, -0.15) is 5.10 Å². The van der Waals surface area contributed by atoms with Gasteiger partial charge in [-0.3, -0.25) is 14.3 Å². The molecule has 1 heterocycles. The van der Waals surface area contributed by atoms with Gasteiger partial charge in [-0.25, -0.2) is 0 Å². The first kappa shape index (κ1) is 24.2. The standard InChI is InChI=1S/C27H34N4O2/c1-6-30(24-10-8-7-9-11-24)27(33)16-22-12-14-23(15-13-22)28-26(32)17-25-20(4)29-31(21(25)5)18-19(2)3/h7-15,19H,6,16-18H2,1-5H3,(H,28,32). The molecule has 3 aromatic rings. The normalized spacial score (nSPS) is 11.0. The molecule has 174 valence electrons. The van der Waals surface area contributed by atoms with Gasteiger partial charge in [-0.1, -0.05) is 44.2 Å². The van der Waals surface area contributed by atoms with Gasteiger partial charge in [0.05, 0.1) is 18.5 Å². The summed E-state index contributed by atoms with van der Waals surface area (Å²) in [4.78, 5) is 27.2. The largest absolute Gasteiger partial charge is 0.326 e. The lowest BCUT2D eigenvalue weighted by atomic mass is 10.1. The number of amides is 2. The number of aromatic nitrogens is 2. The third-order valence-electron chi connectivity index (χ3n) is 5.68. The highest BCUT2D eigenvalue weighted by atomic mass is 16.2. The molecule has 0 unspecified atom stereocenters. The molecule has 0 aliphatic rings. The van der Waals surface area contributed by atoms with Crippen LogP contribution in [0.1, 0.15) is 43.3 Å². The quantitative estimate of drug-likeness (QED) is 0.507. The van der Waals surface area contributed by atoms with Crippen LogP contribution in [-0.4, -0.2) is 28.1 Å². The minimum Gasteiger partial charge on any atom is -0.326 e. The van der Waals surface area contributed by atoms with Crippen molar-refractivity contribution in [2.75, 3.05) is 16.8 Å². The number of nitrogens with zero attached hydrogens (tertiary/aromatic N) is 3. The summed E-state index contributed by atoms with van der Waals surface area (Å²) in [6.45, 7) is 11.7. The average molecular weight is 447 g/mol. The summed E-state index contributed by atoms with van der Waals surface area (Å²) in [5, 5.41) is 7.56. The molecule has 0 atom stereocenters. The smallest absolute Gasteiger partial charge is 0.231 e. The fourth-order valence-electron chi connectivity index (χ4n) is 3.97. The first-order valence-corrected chi connectivity index (χ1v) is 11.6. The van der Waals surface area contributed by atoms with Gasteiger partial charge in [0, 0.05) is 35.7 Å². The maximum atomic E-state index is 12.8. The lowest BCUT2D eigenvalue weighted by Crippen LogP contribution is -2.31. The van der Waals surface area contributed by atoms with Crippen LogP contribution in [0, 0.1) is 19.8 Å². The Hall–Kier alpha value is -3.41. The van der Waals surface area contributed by atoms with Crippen LogP contribution in [0.15, 0.2) is 54.6 Å². The molecule has 1 N–H and O–H groups in total. The van der Waals surface area contributed by atoms with E-state index in [1.54, 1.807) is 4.90 Å². The van der Waals surface area contributed by atoms with Crippen molar-refractivity contribution in [3.05, 3.63) is 77.1 Å². The monoisotopic (exact) mass is 446 g/mol. The number of hydrogen-bond donors (Lipinski definition) is 1. The Morgan fingerprint density at radius 1 is 1.00 bits per heavy atom. The van der Waals surface area contributed by atoms with E-state index in [1.165, 1.54) is 0 Å². The molecule has 0 spiro atoms. The Bertz CT molecular complexity index is 1090. The van der Waals surface area contributed by atoms with Gasteiger partial charge in [-0.05, 0) is 56.5 Å². The first-order chi connectivity index (χ1) is 15.8. The van der Waals surface area contributed by atoms with Gasteiger partial charge < -0.3 is 10.2 Å². The Labute approximate surface area is 196 Å². The van der Waals surface area contributed by atoms with Crippen molar-refractivity contribution >= 4 is 23.2 Å². The number of nitrogens with one attached hydrogen (secondary N) is 1. The summed E-state index contributed by atoms with van der Waals surface area (Å²) in [5.41, 5.74) is 5.46. The van der Waals surface area contributed by atoms with E-state index in [0.717, 1.165) is 40.4 Å². The second-order valence-electron chi connectivity index (χ2n) is 8.80. The lowest BCUT2D eigenvalue weighted by Gasteiger charge is -2.21. The van der Waals surface area contributed by atoms with Gasteiger partial charge in [0.15, 0.2) is 0 Å². The van der Waals surface area contributed by atoms with Crippen LogP contribution in [0.25, 0.3) is 0 Å². The summed E-state index contributed by atoms with van der Waals surface area (Å²) in [6, 6.07) is 17.2. The maximum Gasteiger partial charge on any atom is 0.231 e. The van der Waals surface area contributed by atoms with Crippen LogP contribution in [0.3, 0.4) is 0 Å². The van der Waals surface area contributed by atoms with Gasteiger partial charge >= 0.3 is 0 Å². The lowest BCUT2D eigenvalue weighted by molar-refractivity contribution is -0.118. The van der Waals surface area contributed by atoms with E-state index in [-0.39, 0.29) is 11.8 Å². The molecule has 2 aromatic carbocycles. The topological polar surface area (TPSA) is 67.2 Å². The van der Waals surface area contributed by atoms with Gasteiger partial charge in [0.2, 0.25) is 11.8 Å². The molecule has 0 fully saturated rings. The molecule has 0 aliphatic heterocycles. The minimum absolute atomic E-state index is 0.0462. The Morgan fingerprint density at radius 2 is 1.67 bits per heavy atom. The number of carbonyl (C=O) groups is 2. The van der Waals surface area contributed by atoms with Crippen molar-refractivity contribution in [3.8, 4) is 0 Å². The van der Waals surface area contributed by atoms with Crippen LogP contribution in [0.4, 0.5) is 11.4 Å². The molecule has 2 amide bonds. The second-order valence-corrected chi connectivity index (χ2v) is 8.80. The predicted molar refractivity (Wildman–Crippen MR) is 133 cm³/mol. The third-order valence-corrected chi connectivity index (χ3v) is 5.68. The van der Waals surface area contributed by atoms with Gasteiger partial charge in [0.1, 0.15) is 0 Å². The Kier molecular flexibility index (Phi) is 8.04. The van der Waals surface area contributed by atoms with Crippen molar-refractivity contribution in [2.24, 2.45) is 5.92 Å². The average Bonchev–Trinajstić information content (AvgIpc) is 3.03. The highest BCUT2D eigenvalue weighted by Crippen LogP contribution is 2.18. The number of hydrogen-bond acceptors (Lipinski definition) is 3. The van der Waals surface area contributed by atoms with Crippen LogP contribution < -0.4 is 10.2 Å². The number of likely N-dealkylation sites (N-methyl/N-ethyl adjacent to an activating group) is 1. The summed E-state index contributed by atoms with van der Waals surface area (Å²) in [7, 11) is 0. The molecular formula is C27H34N4O2. The van der Waals surface area contributed by atoms with E-state index in [9.17, 15) is 9.59 Å². The second kappa shape index (κ2) is 10.9. The number of benzene rings is 2. The predicted octanol–water partition coefficient (Wildman–Crippen LogP) is 4.93. The van der Waals surface area contributed by atoms with Crippen LogP contribution in [0.2, 0.25) is 0 Å². The zero-order chi connectivity index (χ0) is 24.0. The fourth-order valence-corrected chi connectivity index (χ4v) is 3.97. The van der Waals surface area contributed by atoms with Gasteiger partial charge in [0.25, 0.3) is 0 Å². The maximum absolute atomic E-state index is 12.8. The first-order valence-electron chi connectivity index (χ1n) is 11.6. The molecule has 6 nitrogen and oxygen atoms in total. The molecule has 0 saturated heterocycles. The van der Waals surface area contributed by atoms with Crippen LogP contribution in [0.5, 0.6) is 0 Å². The van der Waals surface area contributed by atoms with Crippen molar-refractivity contribution in [3.63, 3.8) is 0 Å². The van der Waals surface area contributed by atoms with Crippen molar-refractivity contribution < 1.29 is 9.59 Å². The highest BCUT2D eigenvalue weighted by molar-refractivity contribution is 5.95. The summed E-state index contributed by atoms with van der Waals surface area (Å²) >= 11 is 0.